The van der Waals surface area contributed by atoms with Crippen LogP contribution in [0.4, 0.5) is 0 Å². The van der Waals surface area contributed by atoms with E-state index < -0.39 is 0 Å². The molecule has 0 N–H and O–H groups in total. The van der Waals surface area contributed by atoms with Crippen LogP contribution < -0.4 is 0 Å². The molecule has 0 amide bonds. The van der Waals surface area contributed by atoms with Crippen molar-refractivity contribution in [1.29, 1.82) is 0 Å². The molecule has 8 aromatic rings. The Morgan fingerprint density at radius 2 is 1.08 bits per heavy atom. The quantitative estimate of drug-likeness (QED) is 0.198. The van der Waals surface area contributed by atoms with Crippen LogP contribution in [-0.2, 0) is 0 Å². The number of allylic oxidation sites excluding steroid dienone is 5. The largest absolute Gasteiger partial charge is 0.308 e. The van der Waals surface area contributed by atoms with Crippen LogP contribution >= 0.6 is 0 Å². The first-order valence-electron chi connectivity index (χ1n) is 16.4. The lowest BCUT2D eigenvalue weighted by molar-refractivity contribution is 0.693. The molecule has 0 radical (unpaired) electrons. The van der Waals surface area contributed by atoms with Gasteiger partial charge in [-0.2, -0.15) is 9.97 Å². The van der Waals surface area contributed by atoms with Crippen molar-refractivity contribution >= 4 is 38.8 Å². The third-order valence-electron chi connectivity index (χ3n) is 9.73. The normalized spacial score (nSPS) is 16.5. The second-order valence-corrected chi connectivity index (χ2v) is 12.4. The zero-order chi connectivity index (χ0) is 31.6. The first kappa shape index (κ1) is 26.8. The fraction of sp³-hybridized carbons (Fsp3) is 0.0465. The number of aromatic nitrogens is 5. The highest BCUT2D eigenvalue weighted by molar-refractivity contribution is 6.19. The molecule has 5 aromatic carbocycles. The Bertz CT molecular complexity index is 2550. The minimum absolute atomic E-state index is 0.254. The number of hydrogen-bond donors (Lipinski definition) is 0. The molecule has 3 aromatic heterocycles. The molecule has 2 aliphatic carbocycles. The van der Waals surface area contributed by atoms with Crippen LogP contribution in [0.2, 0.25) is 0 Å². The topological polar surface area (TPSA) is 48.5 Å². The SMILES string of the molecule is C1=CC2C=Cc3c(c4ccc5c6ccccc6n(-c6nc(-c7ccccc7)nc(-c7ccccc7)n6)c5c4n3-c3ccccc3)C2C=C1. The lowest BCUT2D eigenvalue weighted by Gasteiger charge is -2.26. The van der Waals surface area contributed by atoms with Crippen molar-refractivity contribution in [3.8, 4) is 34.4 Å². The molecule has 2 unspecified atom stereocenters. The van der Waals surface area contributed by atoms with Crippen molar-refractivity contribution in [2.75, 3.05) is 0 Å². The molecule has 10 rings (SSSR count). The predicted octanol–water partition coefficient (Wildman–Crippen LogP) is 10.1. The van der Waals surface area contributed by atoms with Gasteiger partial charge in [-0.3, -0.25) is 4.57 Å². The van der Waals surface area contributed by atoms with E-state index in [1.165, 1.54) is 16.6 Å². The average molecular weight is 616 g/mol. The molecule has 2 atom stereocenters. The van der Waals surface area contributed by atoms with E-state index in [1.54, 1.807) is 0 Å². The number of benzene rings is 5. The molecule has 0 saturated heterocycles. The van der Waals surface area contributed by atoms with Gasteiger partial charge in [0, 0.05) is 44.8 Å². The summed E-state index contributed by atoms with van der Waals surface area (Å²) in [6.45, 7) is 0. The molecule has 0 aliphatic heterocycles. The lowest BCUT2D eigenvalue weighted by Crippen LogP contribution is -2.13. The maximum Gasteiger partial charge on any atom is 0.238 e. The van der Waals surface area contributed by atoms with Crippen LogP contribution in [0.3, 0.4) is 0 Å². The van der Waals surface area contributed by atoms with Crippen LogP contribution in [0.25, 0.3) is 73.2 Å². The Hall–Kier alpha value is -6.33. The van der Waals surface area contributed by atoms with E-state index in [-0.39, 0.29) is 5.92 Å². The monoisotopic (exact) mass is 615 g/mol. The highest BCUT2D eigenvalue weighted by atomic mass is 15.2. The van der Waals surface area contributed by atoms with Gasteiger partial charge in [-0.25, -0.2) is 4.98 Å². The van der Waals surface area contributed by atoms with Gasteiger partial charge in [-0.15, -0.1) is 0 Å². The van der Waals surface area contributed by atoms with Crippen LogP contribution in [0.5, 0.6) is 0 Å². The molecule has 2 aliphatic rings. The minimum atomic E-state index is 0.254. The number of hydrogen-bond acceptors (Lipinski definition) is 3. The summed E-state index contributed by atoms with van der Waals surface area (Å²) in [6.07, 6.45) is 13.7. The predicted molar refractivity (Wildman–Crippen MR) is 195 cm³/mol. The van der Waals surface area contributed by atoms with Crippen LogP contribution in [-0.4, -0.2) is 24.1 Å². The van der Waals surface area contributed by atoms with E-state index >= 15 is 0 Å². The number of para-hydroxylation sites is 2. The Balaban J connectivity index is 1.37. The van der Waals surface area contributed by atoms with E-state index in [0.29, 0.717) is 23.5 Å². The van der Waals surface area contributed by atoms with Gasteiger partial charge < -0.3 is 4.57 Å². The maximum absolute atomic E-state index is 5.23. The summed E-state index contributed by atoms with van der Waals surface area (Å²) in [5.41, 5.74) is 8.86. The van der Waals surface area contributed by atoms with Crippen LogP contribution in [0, 0.1) is 5.92 Å². The molecule has 0 fully saturated rings. The van der Waals surface area contributed by atoms with Gasteiger partial charge in [0.15, 0.2) is 11.6 Å². The van der Waals surface area contributed by atoms with Crippen molar-refractivity contribution in [3.05, 3.63) is 169 Å². The third-order valence-corrected chi connectivity index (χ3v) is 9.73. The summed E-state index contributed by atoms with van der Waals surface area (Å²) in [4.78, 5) is 15.5. The fourth-order valence-corrected chi connectivity index (χ4v) is 7.63. The highest BCUT2D eigenvalue weighted by Crippen LogP contribution is 2.47. The lowest BCUT2D eigenvalue weighted by atomic mass is 9.78. The Labute approximate surface area is 277 Å². The number of nitrogens with zero attached hydrogens (tertiary/aromatic N) is 5. The summed E-state index contributed by atoms with van der Waals surface area (Å²) in [5, 5.41) is 3.56. The zero-order valence-electron chi connectivity index (χ0n) is 26.0. The van der Waals surface area contributed by atoms with Crippen LogP contribution in [0.1, 0.15) is 17.2 Å². The summed E-state index contributed by atoms with van der Waals surface area (Å²) in [7, 11) is 0. The van der Waals surface area contributed by atoms with Crippen LogP contribution in [0.15, 0.2) is 158 Å². The first-order valence-corrected chi connectivity index (χ1v) is 16.4. The third kappa shape index (κ3) is 4.01. The molecule has 0 bridgehead atoms. The van der Waals surface area contributed by atoms with Gasteiger partial charge in [0.1, 0.15) is 0 Å². The molecule has 0 spiro atoms. The molecule has 5 nitrogen and oxygen atoms in total. The number of rotatable bonds is 4. The molecule has 48 heavy (non-hydrogen) atoms. The standard InChI is InChI=1S/C43H29N5/c1-4-15-29(16-5-1)41-44-42(30-17-6-2-7-18-30)46-43(45-41)48-36-23-13-12-22-33(36)34-25-26-35-38-32-21-11-10-14-28(32)24-27-37(38)47(40(35)39(34)48)31-19-8-3-9-20-31/h1-28,32H. The van der Waals surface area contributed by atoms with Gasteiger partial charge in [0.05, 0.1) is 22.2 Å². The number of fused-ring (bicyclic) bond motifs is 9. The molecular weight excluding hydrogens is 587 g/mol. The van der Waals surface area contributed by atoms with Gasteiger partial charge in [0.25, 0.3) is 0 Å². The van der Waals surface area contributed by atoms with Gasteiger partial charge in [-0.05, 0) is 29.8 Å². The van der Waals surface area contributed by atoms with E-state index in [0.717, 1.165) is 44.1 Å². The molecule has 3 heterocycles. The first-order chi connectivity index (χ1) is 23.8. The average Bonchev–Trinajstić information content (AvgIpc) is 3.69. The molecular formula is C43H29N5. The summed E-state index contributed by atoms with van der Waals surface area (Å²) < 4.78 is 4.70. The Kier molecular flexibility index (Phi) is 5.93. The summed E-state index contributed by atoms with van der Waals surface area (Å²) >= 11 is 0. The van der Waals surface area contributed by atoms with Gasteiger partial charge in [0.2, 0.25) is 5.95 Å². The minimum Gasteiger partial charge on any atom is -0.308 e. The highest BCUT2D eigenvalue weighted by Gasteiger charge is 2.32. The summed E-state index contributed by atoms with van der Waals surface area (Å²) in [5.74, 6) is 2.45. The van der Waals surface area contributed by atoms with Crippen molar-refractivity contribution < 1.29 is 0 Å². The van der Waals surface area contributed by atoms with Gasteiger partial charge in [-0.1, -0.05) is 140 Å². The molecule has 0 saturated carbocycles. The van der Waals surface area contributed by atoms with E-state index in [9.17, 15) is 0 Å². The van der Waals surface area contributed by atoms with Crippen molar-refractivity contribution in [3.63, 3.8) is 0 Å². The van der Waals surface area contributed by atoms with E-state index in [2.05, 4.69) is 137 Å². The summed E-state index contributed by atoms with van der Waals surface area (Å²) in [6, 6.07) is 44.3. The molecule has 226 valence electrons. The van der Waals surface area contributed by atoms with Crippen molar-refractivity contribution in [1.82, 2.24) is 24.1 Å². The fourth-order valence-electron chi connectivity index (χ4n) is 7.63. The van der Waals surface area contributed by atoms with E-state index in [1.807, 2.05) is 36.4 Å². The Morgan fingerprint density at radius 3 is 1.81 bits per heavy atom. The molecule has 5 heteroatoms. The zero-order valence-corrected chi connectivity index (χ0v) is 26.0. The van der Waals surface area contributed by atoms with E-state index in [4.69, 9.17) is 15.0 Å². The van der Waals surface area contributed by atoms with Gasteiger partial charge >= 0.3 is 0 Å². The second-order valence-electron chi connectivity index (χ2n) is 12.4. The van der Waals surface area contributed by atoms with Crippen molar-refractivity contribution in [2.45, 2.75) is 5.92 Å². The Morgan fingerprint density at radius 1 is 0.479 bits per heavy atom. The maximum atomic E-state index is 5.23. The van der Waals surface area contributed by atoms with Crippen molar-refractivity contribution in [2.24, 2.45) is 5.92 Å². The second kappa shape index (κ2) is 10.6. The smallest absolute Gasteiger partial charge is 0.238 e.